The lowest BCUT2D eigenvalue weighted by Gasteiger charge is -2.27. The average Bonchev–Trinajstić information content (AvgIpc) is 2.88. The van der Waals surface area contributed by atoms with Crippen LogP contribution in [0.3, 0.4) is 0 Å². The van der Waals surface area contributed by atoms with Crippen LogP contribution < -0.4 is 11.3 Å². The SMILES string of the molecule is CCC1OCCC1C(Cc1cccc(Cl)c1Cl)NN. The van der Waals surface area contributed by atoms with Gasteiger partial charge in [-0.2, -0.15) is 0 Å². The van der Waals surface area contributed by atoms with Crippen LogP contribution in [0.25, 0.3) is 0 Å². The van der Waals surface area contributed by atoms with E-state index in [4.69, 9.17) is 33.8 Å². The number of halogens is 2. The summed E-state index contributed by atoms with van der Waals surface area (Å²) in [6, 6.07) is 5.86. The highest BCUT2D eigenvalue weighted by Gasteiger charge is 2.33. The normalized spacial score (nSPS) is 24.6. The molecule has 106 valence electrons. The maximum atomic E-state index is 6.24. The molecule has 1 aromatic rings. The monoisotopic (exact) mass is 302 g/mol. The molecule has 0 radical (unpaired) electrons. The molecule has 0 aliphatic carbocycles. The van der Waals surface area contributed by atoms with E-state index in [1.165, 1.54) is 0 Å². The molecule has 1 heterocycles. The van der Waals surface area contributed by atoms with E-state index in [0.717, 1.165) is 31.4 Å². The number of rotatable bonds is 5. The van der Waals surface area contributed by atoms with Gasteiger partial charge in [0.1, 0.15) is 0 Å². The van der Waals surface area contributed by atoms with Gasteiger partial charge in [-0.05, 0) is 30.9 Å². The van der Waals surface area contributed by atoms with E-state index >= 15 is 0 Å². The van der Waals surface area contributed by atoms with E-state index in [2.05, 4.69) is 12.3 Å². The Balaban J connectivity index is 2.12. The molecule has 3 nitrogen and oxygen atoms in total. The minimum Gasteiger partial charge on any atom is -0.378 e. The molecular formula is C14H20Cl2N2O. The zero-order valence-electron chi connectivity index (χ0n) is 11.0. The topological polar surface area (TPSA) is 47.3 Å². The Morgan fingerprint density at radius 3 is 2.95 bits per heavy atom. The Hall–Kier alpha value is -0.320. The molecule has 0 aromatic heterocycles. The van der Waals surface area contributed by atoms with E-state index < -0.39 is 0 Å². The first kappa shape index (κ1) is 15.1. The lowest BCUT2D eigenvalue weighted by Crippen LogP contribution is -2.45. The van der Waals surface area contributed by atoms with Crippen molar-refractivity contribution in [2.45, 2.75) is 38.3 Å². The van der Waals surface area contributed by atoms with Gasteiger partial charge in [0.2, 0.25) is 0 Å². The van der Waals surface area contributed by atoms with Crippen molar-refractivity contribution >= 4 is 23.2 Å². The van der Waals surface area contributed by atoms with Crippen molar-refractivity contribution in [3.63, 3.8) is 0 Å². The van der Waals surface area contributed by atoms with Crippen LogP contribution in [-0.4, -0.2) is 18.8 Å². The molecule has 3 N–H and O–H groups in total. The van der Waals surface area contributed by atoms with Crippen molar-refractivity contribution < 1.29 is 4.74 Å². The first-order valence-corrected chi connectivity index (χ1v) is 7.43. The van der Waals surface area contributed by atoms with Gasteiger partial charge in [0.15, 0.2) is 0 Å². The second kappa shape index (κ2) is 6.91. The maximum absolute atomic E-state index is 6.24. The Morgan fingerprint density at radius 1 is 1.47 bits per heavy atom. The number of hydrogen-bond acceptors (Lipinski definition) is 3. The molecule has 1 saturated heterocycles. The van der Waals surface area contributed by atoms with Gasteiger partial charge in [0, 0.05) is 18.6 Å². The molecule has 1 fully saturated rings. The fourth-order valence-corrected chi connectivity index (χ4v) is 3.22. The Bertz CT molecular complexity index is 428. The predicted octanol–water partition coefficient (Wildman–Crippen LogP) is 3.18. The minimum atomic E-state index is 0.156. The average molecular weight is 303 g/mol. The fraction of sp³-hybridized carbons (Fsp3) is 0.571. The van der Waals surface area contributed by atoms with E-state index in [1.807, 2.05) is 12.1 Å². The smallest absolute Gasteiger partial charge is 0.0624 e. The van der Waals surface area contributed by atoms with Gasteiger partial charge in [-0.1, -0.05) is 42.3 Å². The number of hydrazine groups is 1. The molecule has 0 bridgehead atoms. The Kier molecular flexibility index (Phi) is 5.48. The second-order valence-electron chi connectivity index (χ2n) is 4.96. The molecule has 3 unspecified atom stereocenters. The van der Waals surface area contributed by atoms with Gasteiger partial charge < -0.3 is 4.74 Å². The summed E-state index contributed by atoms with van der Waals surface area (Å²) in [6.07, 6.45) is 3.08. The summed E-state index contributed by atoms with van der Waals surface area (Å²) in [5, 5.41) is 1.21. The molecule has 2 rings (SSSR count). The number of nitrogens with one attached hydrogen (secondary N) is 1. The van der Waals surface area contributed by atoms with Crippen LogP contribution in [-0.2, 0) is 11.2 Å². The minimum absolute atomic E-state index is 0.156. The number of nitrogens with two attached hydrogens (primary N) is 1. The highest BCUT2D eigenvalue weighted by molar-refractivity contribution is 6.42. The van der Waals surface area contributed by atoms with Crippen molar-refractivity contribution in [2.24, 2.45) is 11.8 Å². The summed E-state index contributed by atoms with van der Waals surface area (Å²) in [6.45, 7) is 2.95. The summed E-state index contributed by atoms with van der Waals surface area (Å²) < 4.78 is 5.73. The molecule has 5 heteroatoms. The third kappa shape index (κ3) is 3.41. The molecule has 1 aromatic carbocycles. The molecule has 1 aliphatic heterocycles. The van der Waals surface area contributed by atoms with Gasteiger partial charge in [0.25, 0.3) is 0 Å². The van der Waals surface area contributed by atoms with Crippen LogP contribution in [0, 0.1) is 5.92 Å². The summed E-state index contributed by atoms with van der Waals surface area (Å²) in [4.78, 5) is 0. The third-order valence-corrected chi connectivity index (χ3v) is 4.72. The van der Waals surface area contributed by atoms with Gasteiger partial charge in [-0.15, -0.1) is 0 Å². The lowest BCUT2D eigenvalue weighted by molar-refractivity contribution is 0.0775. The molecule has 1 aliphatic rings. The first-order chi connectivity index (χ1) is 9.17. The lowest BCUT2D eigenvalue weighted by atomic mass is 9.87. The molecule has 0 spiro atoms. The summed E-state index contributed by atoms with van der Waals surface area (Å²) in [7, 11) is 0. The van der Waals surface area contributed by atoms with Gasteiger partial charge in [0.05, 0.1) is 16.1 Å². The van der Waals surface area contributed by atoms with Crippen LogP contribution in [0.4, 0.5) is 0 Å². The van der Waals surface area contributed by atoms with E-state index in [1.54, 1.807) is 6.07 Å². The maximum Gasteiger partial charge on any atom is 0.0624 e. The molecular weight excluding hydrogens is 283 g/mol. The van der Waals surface area contributed by atoms with E-state index in [9.17, 15) is 0 Å². The molecule has 0 saturated carbocycles. The second-order valence-corrected chi connectivity index (χ2v) is 5.75. The van der Waals surface area contributed by atoms with Gasteiger partial charge in [-0.25, -0.2) is 0 Å². The van der Waals surface area contributed by atoms with Crippen LogP contribution in [0.2, 0.25) is 10.0 Å². The van der Waals surface area contributed by atoms with E-state index in [0.29, 0.717) is 16.0 Å². The standard InChI is InChI=1S/C14H20Cl2N2O/c1-2-13-10(6-7-19-13)12(18-17)8-9-4-3-5-11(15)14(9)16/h3-5,10,12-13,18H,2,6-8,17H2,1H3. The quantitative estimate of drug-likeness (QED) is 0.649. The number of hydrogen-bond donors (Lipinski definition) is 2. The Morgan fingerprint density at radius 2 is 2.26 bits per heavy atom. The van der Waals surface area contributed by atoms with Crippen molar-refractivity contribution in [3.05, 3.63) is 33.8 Å². The van der Waals surface area contributed by atoms with Crippen LogP contribution in [0.1, 0.15) is 25.3 Å². The highest BCUT2D eigenvalue weighted by Crippen LogP contribution is 2.31. The zero-order valence-corrected chi connectivity index (χ0v) is 12.5. The summed E-state index contributed by atoms with van der Waals surface area (Å²) in [5.74, 6) is 6.15. The predicted molar refractivity (Wildman–Crippen MR) is 79.4 cm³/mol. The van der Waals surface area contributed by atoms with Crippen molar-refractivity contribution in [1.82, 2.24) is 5.43 Å². The number of benzene rings is 1. The zero-order chi connectivity index (χ0) is 13.8. The van der Waals surface area contributed by atoms with Crippen LogP contribution in [0.5, 0.6) is 0 Å². The van der Waals surface area contributed by atoms with E-state index in [-0.39, 0.29) is 12.1 Å². The largest absolute Gasteiger partial charge is 0.378 e. The molecule has 19 heavy (non-hydrogen) atoms. The Labute approximate surface area is 124 Å². The van der Waals surface area contributed by atoms with Gasteiger partial charge >= 0.3 is 0 Å². The molecule has 3 atom stereocenters. The highest BCUT2D eigenvalue weighted by atomic mass is 35.5. The third-order valence-electron chi connectivity index (χ3n) is 3.87. The van der Waals surface area contributed by atoms with Crippen LogP contribution >= 0.6 is 23.2 Å². The summed E-state index contributed by atoms with van der Waals surface area (Å²) in [5.41, 5.74) is 3.95. The first-order valence-electron chi connectivity index (χ1n) is 6.68. The van der Waals surface area contributed by atoms with Crippen molar-refractivity contribution in [1.29, 1.82) is 0 Å². The molecule has 0 amide bonds. The van der Waals surface area contributed by atoms with Crippen molar-refractivity contribution in [3.8, 4) is 0 Å². The van der Waals surface area contributed by atoms with Gasteiger partial charge in [-0.3, -0.25) is 11.3 Å². The fourth-order valence-electron chi connectivity index (χ4n) is 2.82. The van der Waals surface area contributed by atoms with Crippen molar-refractivity contribution in [2.75, 3.05) is 6.61 Å². The van der Waals surface area contributed by atoms with Crippen LogP contribution in [0.15, 0.2) is 18.2 Å². The summed E-state index contributed by atoms with van der Waals surface area (Å²) >= 11 is 12.3. The number of ether oxygens (including phenoxy) is 1.